The normalized spacial score (nSPS) is 11.5. The van der Waals surface area contributed by atoms with Crippen molar-refractivity contribution in [3.8, 4) is 5.75 Å². The Hall–Kier alpha value is -2.56. The quantitative estimate of drug-likeness (QED) is 0.684. The molecule has 1 unspecified atom stereocenters. The smallest absolute Gasteiger partial charge is 0.137 e. The van der Waals surface area contributed by atoms with Gasteiger partial charge < -0.3 is 19.7 Å². The van der Waals surface area contributed by atoms with E-state index in [1.165, 1.54) is 0 Å². The first-order valence-corrected chi connectivity index (χ1v) is 7.84. The second-order valence-corrected chi connectivity index (χ2v) is 5.28. The van der Waals surface area contributed by atoms with Crippen LogP contribution in [-0.4, -0.2) is 21.9 Å². The summed E-state index contributed by atoms with van der Waals surface area (Å²) in [6.45, 7) is 1.93. The highest BCUT2D eigenvalue weighted by Crippen LogP contribution is 2.25. The third-order valence-corrected chi connectivity index (χ3v) is 3.38. The predicted molar refractivity (Wildman–Crippen MR) is 92.9 cm³/mol. The Morgan fingerprint density at radius 1 is 0.917 bits per heavy atom. The van der Waals surface area contributed by atoms with Crippen molar-refractivity contribution < 1.29 is 19.7 Å². The van der Waals surface area contributed by atoms with E-state index in [9.17, 15) is 10.2 Å². The van der Waals surface area contributed by atoms with E-state index >= 15 is 0 Å². The molecule has 0 amide bonds. The molecular weight excluding hydrogens is 304 g/mol. The van der Waals surface area contributed by atoms with Crippen molar-refractivity contribution in [3.05, 3.63) is 89.4 Å². The van der Waals surface area contributed by atoms with Crippen molar-refractivity contribution in [3.63, 3.8) is 0 Å². The summed E-state index contributed by atoms with van der Waals surface area (Å²) in [4.78, 5) is 0. The topological polar surface area (TPSA) is 73.8 Å². The van der Waals surface area contributed by atoms with Crippen molar-refractivity contribution in [1.82, 2.24) is 0 Å². The van der Waals surface area contributed by atoms with Gasteiger partial charge in [0.1, 0.15) is 23.4 Å². The molecule has 1 heterocycles. The first-order chi connectivity index (χ1) is 11.6. The fourth-order valence-electron chi connectivity index (χ4n) is 2.25. The summed E-state index contributed by atoms with van der Waals surface area (Å²) < 4.78 is 5.72. The van der Waals surface area contributed by atoms with Gasteiger partial charge >= 0.3 is 0 Å². The molecular formula is C20H22O4. The van der Waals surface area contributed by atoms with Crippen LogP contribution >= 0.6 is 0 Å². The van der Waals surface area contributed by atoms with Crippen LogP contribution in [0.1, 0.15) is 35.7 Å². The SMILES string of the molecule is CCO.Oc1ccc(Cc2ccc(C(O)c3ccccc3)o2)cc1. The zero-order valence-corrected chi connectivity index (χ0v) is 13.6. The van der Waals surface area contributed by atoms with Gasteiger partial charge in [-0.3, -0.25) is 0 Å². The Morgan fingerprint density at radius 2 is 1.54 bits per heavy atom. The van der Waals surface area contributed by atoms with E-state index in [1.807, 2.05) is 48.5 Å². The maximum atomic E-state index is 10.3. The number of phenolic OH excluding ortho intramolecular Hbond substituents is 1. The minimum Gasteiger partial charge on any atom is -0.508 e. The van der Waals surface area contributed by atoms with Gasteiger partial charge in [-0.05, 0) is 42.3 Å². The minimum atomic E-state index is -0.750. The molecule has 0 aliphatic heterocycles. The van der Waals surface area contributed by atoms with E-state index < -0.39 is 6.10 Å². The number of aliphatic hydroxyl groups is 2. The lowest BCUT2D eigenvalue weighted by Crippen LogP contribution is -1.97. The van der Waals surface area contributed by atoms with Gasteiger partial charge in [0.05, 0.1) is 0 Å². The van der Waals surface area contributed by atoms with Crippen LogP contribution in [0.5, 0.6) is 5.75 Å². The lowest BCUT2D eigenvalue weighted by molar-refractivity contribution is 0.187. The molecule has 4 nitrogen and oxygen atoms in total. The van der Waals surface area contributed by atoms with Crippen LogP contribution in [0.25, 0.3) is 0 Å². The second-order valence-electron chi connectivity index (χ2n) is 5.28. The summed E-state index contributed by atoms with van der Waals surface area (Å²) in [6.07, 6.45) is -0.123. The molecule has 3 aromatic rings. The van der Waals surface area contributed by atoms with Crippen LogP contribution in [0.15, 0.2) is 71.1 Å². The third-order valence-electron chi connectivity index (χ3n) is 3.38. The van der Waals surface area contributed by atoms with Gasteiger partial charge in [-0.1, -0.05) is 42.5 Å². The number of aliphatic hydroxyl groups excluding tert-OH is 2. The van der Waals surface area contributed by atoms with E-state index in [2.05, 4.69) is 0 Å². The highest BCUT2D eigenvalue weighted by Gasteiger charge is 2.14. The fourth-order valence-corrected chi connectivity index (χ4v) is 2.25. The number of hydrogen-bond acceptors (Lipinski definition) is 4. The lowest BCUT2D eigenvalue weighted by atomic mass is 10.1. The van der Waals surface area contributed by atoms with E-state index in [-0.39, 0.29) is 12.4 Å². The molecule has 2 aromatic carbocycles. The van der Waals surface area contributed by atoms with Gasteiger partial charge in [0.25, 0.3) is 0 Å². The number of benzene rings is 2. The van der Waals surface area contributed by atoms with E-state index in [0.29, 0.717) is 12.2 Å². The number of phenols is 1. The molecule has 0 bridgehead atoms. The van der Waals surface area contributed by atoms with Crippen molar-refractivity contribution in [1.29, 1.82) is 0 Å². The van der Waals surface area contributed by atoms with E-state index in [4.69, 9.17) is 9.52 Å². The number of rotatable bonds is 4. The molecule has 0 saturated heterocycles. The molecule has 1 aromatic heterocycles. The van der Waals surface area contributed by atoms with Crippen LogP contribution in [0.4, 0.5) is 0 Å². The van der Waals surface area contributed by atoms with Gasteiger partial charge in [-0.2, -0.15) is 0 Å². The Labute approximate surface area is 141 Å². The Bertz CT molecular complexity index is 717. The molecule has 24 heavy (non-hydrogen) atoms. The van der Waals surface area contributed by atoms with Crippen molar-refractivity contribution in [2.75, 3.05) is 6.61 Å². The van der Waals surface area contributed by atoms with Gasteiger partial charge in [0.15, 0.2) is 0 Å². The molecule has 3 N–H and O–H groups in total. The monoisotopic (exact) mass is 326 g/mol. The molecule has 0 radical (unpaired) electrons. The molecule has 0 aliphatic carbocycles. The highest BCUT2D eigenvalue weighted by molar-refractivity contribution is 5.30. The average Bonchev–Trinajstić information content (AvgIpc) is 3.06. The number of aromatic hydroxyl groups is 1. The highest BCUT2D eigenvalue weighted by atomic mass is 16.4. The molecule has 3 rings (SSSR count). The summed E-state index contributed by atoms with van der Waals surface area (Å²) in [7, 11) is 0. The van der Waals surface area contributed by atoms with Crippen molar-refractivity contribution in [2.24, 2.45) is 0 Å². The Kier molecular flexibility index (Phi) is 6.61. The van der Waals surface area contributed by atoms with Gasteiger partial charge in [-0.15, -0.1) is 0 Å². The second kappa shape index (κ2) is 8.91. The first-order valence-electron chi connectivity index (χ1n) is 7.84. The number of hydrogen-bond donors (Lipinski definition) is 3. The molecule has 1 atom stereocenters. The lowest BCUT2D eigenvalue weighted by Gasteiger charge is -2.07. The maximum absolute atomic E-state index is 10.3. The summed E-state index contributed by atoms with van der Waals surface area (Å²) in [6, 6.07) is 20.1. The maximum Gasteiger partial charge on any atom is 0.137 e. The van der Waals surface area contributed by atoms with Gasteiger partial charge in [0, 0.05) is 13.0 Å². The van der Waals surface area contributed by atoms with Crippen LogP contribution < -0.4 is 0 Å². The summed E-state index contributed by atoms with van der Waals surface area (Å²) >= 11 is 0. The standard InChI is InChI=1S/C18H16O3.C2H6O/c19-15-8-6-13(7-9-15)12-16-10-11-17(21-16)18(20)14-4-2-1-3-5-14;1-2-3/h1-11,18-20H,12H2;3H,2H2,1H3. The number of furan rings is 1. The summed E-state index contributed by atoms with van der Waals surface area (Å²) in [5, 5.41) is 27.1. The fraction of sp³-hybridized carbons (Fsp3) is 0.200. The first kappa shape index (κ1) is 17.8. The van der Waals surface area contributed by atoms with Gasteiger partial charge in [-0.25, -0.2) is 0 Å². The third kappa shape index (κ3) is 4.98. The molecule has 0 saturated carbocycles. The summed E-state index contributed by atoms with van der Waals surface area (Å²) in [5.74, 6) is 1.57. The molecule has 0 spiro atoms. The van der Waals surface area contributed by atoms with Crippen molar-refractivity contribution >= 4 is 0 Å². The molecule has 0 fully saturated rings. The zero-order valence-electron chi connectivity index (χ0n) is 13.6. The Morgan fingerprint density at radius 3 is 2.17 bits per heavy atom. The van der Waals surface area contributed by atoms with E-state index in [0.717, 1.165) is 16.9 Å². The molecule has 4 heteroatoms. The van der Waals surface area contributed by atoms with Crippen molar-refractivity contribution in [2.45, 2.75) is 19.4 Å². The Balaban J connectivity index is 0.000000647. The summed E-state index contributed by atoms with van der Waals surface area (Å²) in [5.41, 5.74) is 1.85. The van der Waals surface area contributed by atoms with E-state index in [1.54, 1.807) is 25.1 Å². The largest absolute Gasteiger partial charge is 0.508 e. The molecule has 0 aliphatic rings. The predicted octanol–water partition coefficient (Wildman–Crippen LogP) is 3.66. The van der Waals surface area contributed by atoms with Crippen LogP contribution in [-0.2, 0) is 6.42 Å². The minimum absolute atomic E-state index is 0.249. The zero-order chi connectivity index (χ0) is 17.4. The van der Waals surface area contributed by atoms with Crippen LogP contribution in [0.3, 0.4) is 0 Å². The van der Waals surface area contributed by atoms with Gasteiger partial charge in [0.2, 0.25) is 0 Å². The van der Waals surface area contributed by atoms with Crippen LogP contribution in [0.2, 0.25) is 0 Å². The average molecular weight is 326 g/mol. The van der Waals surface area contributed by atoms with Crippen LogP contribution in [0, 0.1) is 0 Å². The molecule has 126 valence electrons.